The minimum atomic E-state index is -0.0543. The van der Waals surface area contributed by atoms with Crippen molar-refractivity contribution in [2.75, 3.05) is 0 Å². The number of aryl methyl sites for hydroxylation is 1. The second kappa shape index (κ2) is 3.01. The number of nitrogens with zero attached hydrogens (tertiary/aromatic N) is 2. The summed E-state index contributed by atoms with van der Waals surface area (Å²) in [7, 11) is 0. The minimum absolute atomic E-state index is 0.0543. The molecule has 4 heteroatoms. The summed E-state index contributed by atoms with van der Waals surface area (Å²) < 4.78 is 1.84. The quantitative estimate of drug-likeness (QED) is 0.755. The van der Waals surface area contributed by atoms with E-state index >= 15 is 0 Å². The third-order valence-corrected chi connectivity index (χ3v) is 2.25. The molecule has 0 fully saturated rings. The minimum Gasteiger partial charge on any atom is -0.392 e. The van der Waals surface area contributed by atoms with Gasteiger partial charge in [0.2, 0.25) is 0 Å². The van der Waals surface area contributed by atoms with Gasteiger partial charge in [-0.2, -0.15) is 0 Å². The molecular weight excluding hydrogens is 188 g/mol. The van der Waals surface area contributed by atoms with E-state index in [1.165, 1.54) is 0 Å². The van der Waals surface area contributed by atoms with E-state index < -0.39 is 0 Å². The topological polar surface area (TPSA) is 37.5 Å². The molecular formula is C9H9ClN2O. The van der Waals surface area contributed by atoms with E-state index in [0.29, 0.717) is 10.6 Å². The fourth-order valence-electron chi connectivity index (χ4n) is 1.30. The Morgan fingerprint density at radius 2 is 2.31 bits per heavy atom. The lowest BCUT2D eigenvalue weighted by molar-refractivity contribution is 0.282. The van der Waals surface area contributed by atoms with Gasteiger partial charge in [0.25, 0.3) is 0 Å². The molecule has 68 valence electrons. The summed E-state index contributed by atoms with van der Waals surface area (Å²) in [4.78, 5) is 4.26. The van der Waals surface area contributed by atoms with Crippen LogP contribution in [0.25, 0.3) is 5.65 Å². The molecule has 0 aliphatic heterocycles. The predicted octanol–water partition coefficient (Wildman–Crippen LogP) is 1.79. The van der Waals surface area contributed by atoms with Crippen LogP contribution in [0.4, 0.5) is 0 Å². The van der Waals surface area contributed by atoms with Crippen molar-refractivity contribution in [1.29, 1.82) is 0 Å². The number of pyridine rings is 1. The smallest absolute Gasteiger partial charge is 0.137 e. The van der Waals surface area contributed by atoms with Crippen LogP contribution in [0.1, 0.15) is 11.3 Å². The van der Waals surface area contributed by atoms with Crippen molar-refractivity contribution in [1.82, 2.24) is 9.38 Å². The van der Waals surface area contributed by atoms with Gasteiger partial charge in [-0.15, -0.1) is 0 Å². The Balaban J connectivity index is 2.72. The van der Waals surface area contributed by atoms with Crippen molar-refractivity contribution in [2.24, 2.45) is 0 Å². The zero-order valence-electron chi connectivity index (χ0n) is 7.16. The first kappa shape index (κ1) is 8.53. The number of aromatic nitrogens is 2. The molecule has 2 heterocycles. The Bertz CT molecular complexity index is 450. The monoisotopic (exact) mass is 196 g/mol. The van der Waals surface area contributed by atoms with Crippen LogP contribution < -0.4 is 0 Å². The van der Waals surface area contributed by atoms with Gasteiger partial charge in [-0.3, -0.25) is 0 Å². The van der Waals surface area contributed by atoms with Crippen LogP contribution in [0, 0.1) is 6.92 Å². The molecule has 13 heavy (non-hydrogen) atoms. The number of hydrogen-bond donors (Lipinski definition) is 1. The van der Waals surface area contributed by atoms with Crippen LogP contribution in [0.2, 0.25) is 5.02 Å². The molecule has 0 unspecified atom stereocenters. The molecule has 3 nitrogen and oxygen atoms in total. The number of imidazole rings is 1. The molecule has 0 aromatic carbocycles. The van der Waals surface area contributed by atoms with Gasteiger partial charge >= 0.3 is 0 Å². The van der Waals surface area contributed by atoms with Gasteiger partial charge in [0.15, 0.2) is 0 Å². The van der Waals surface area contributed by atoms with Gasteiger partial charge in [0.05, 0.1) is 17.3 Å². The number of halogens is 1. The van der Waals surface area contributed by atoms with E-state index in [1.54, 1.807) is 12.3 Å². The number of aliphatic hydroxyl groups is 1. The number of aliphatic hydroxyl groups excluding tert-OH is 1. The highest BCUT2D eigenvalue weighted by Gasteiger charge is 2.03. The van der Waals surface area contributed by atoms with E-state index in [0.717, 1.165) is 11.3 Å². The van der Waals surface area contributed by atoms with Crippen LogP contribution in [-0.4, -0.2) is 14.5 Å². The van der Waals surface area contributed by atoms with E-state index in [1.807, 2.05) is 17.5 Å². The molecule has 0 spiro atoms. The second-order valence-electron chi connectivity index (χ2n) is 2.95. The standard InChI is InChI=1S/C9H9ClN2O/c1-6-3-12-4-8(10)7(5-13)2-9(12)11-6/h2-4,13H,5H2,1H3. The van der Waals surface area contributed by atoms with Gasteiger partial charge in [0.1, 0.15) is 5.65 Å². The molecule has 0 radical (unpaired) electrons. The Morgan fingerprint density at radius 1 is 1.54 bits per heavy atom. The van der Waals surface area contributed by atoms with Gasteiger partial charge in [0, 0.05) is 18.0 Å². The van der Waals surface area contributed by atoms with Crippen LogP contribution in [0.15, 0.2) is 18.5 Å². The Hall–Kier alpha value is -1.06. The molecule has 0 aliphatic carbocycles. The van der Waals surface area contributed by atoms with Crippen LogP contribution >= 0.6 is 11.6 Å². The summed E-state index contributed by atoms with van der Waals surface area (Å²) in [6.45, 7) is 1.86. The van der Waals surface area contributed by atoms with Crippen molar-refractivity contribution >= 4 is 17.2 Å². The maximum atomic E-state index is 8.96. The normalized spacial score (nSPS) is 11.0. The summed E-state index contributed by atoms with van der Waals surface area (Å²) in [6, 6.07) is 1.79. The third-order valence-electron chi connectivity index (χ3n) is 1.91. The van der Waals surface area contributed by atoms with E-state index in [4.69, 9.17) is 16.7 Å². The summed E-state index contributed by atoms with van der Waals surface area (Å²) >= 11 is 5.90. The predicted molar refractivity (Wildman–Crippen MR) is 50.9 cm³/mol. The molecule has 2 aromatic heterocycles. The van der Waals surface area contributed by atoms with E-state index in [2.05, 4.69) is 4.98 Å². The zero-order valence-corrected chi connectivity index (χ0v) is 7.91. The first-order valence-corrected chi connectivity index (χ1v) is 4.33. The summed E-state index contributed by atoms with van der Waals surface area (Å²) in [5.41, 5.74) is 2.46. The van der Waals surface area contributed by atoms with Gasteiger partial charge in [-0.05, 0) is 13.0 Å². The average Bonchev–Trinajstić information content (AvgIpc) is 2.42. The van der Waals surface area contributed by atoms with Crippen molar-refractivity contribution in [2.45, 2.75) is 13.5 Å². The lowest BCUT2D eigenvalue weighted by atomic mass is 10.3. The number of fused-ring (bicyclic) bond motifs is 1. The van der Waals surface area contributed by atoms with E-state index in [9.17, 15) is 0 Å². The molecule has 0 saturated heterocycles. The first-order chi connectivity index (χ1) is 6.20. The molecule has 2 rings (SSSR count). The first-order valence-electron chi connectivity index (χ1n) is 3.95. The van der Waals surface area contributed by atoms with Crippen molar-refractivity contribution < 1.29 is 5.11 Å². The van der Waals surface area contributed by atoms with Crippen molar-refractivity contribution in [3.63, 3.8) is 0 Å². The van der Waals surface area contributed by atoms with Gasteiger partial charge in [-0.25, -0.2) is 4.98 Å². The zero-order chi connectivity index (χ0) is 9.42. The largest absolute Gasteiger partial charge is 0.392 e. The van der Waals surface area contributed by atoms with Crippen LogP contribution in [-0.2, 0) is 6.61 Å². The molecule has 0 amide bonds. The molecule has 0 atom stereocenters. The summed E-state index contributed by atoms with van der Waals surface area (Å²) in [5.74, 6) is 0. The molecule has 2 aromatic rings. The Labute approximate surface area is 80.6 Å². The van der Waals surface area contributed by atoms with Crippen LogP contribution in [0.3, 0.4) is 0 Å². The average molecular weight is 197 g/mol. The highest BCUT2D eigenvalue weighted by molar-refractivity contribution is 6.31. The third kappa shape index (κ3) is 1.41. The SMILES string of the molecule is Cc1cn2cc(Cl)c(CO)cc2n1. The highest BCUT2D eigenvalue weighted by atomic mass is 35.5. The summed E-state index contributed by atoms with van der Waals surface area (Å²) in [5, 5.41) is 9.53. The highest BCUT2D eigenvalue weighted by Crippen LogP contribution is 2.18. The van der Waals surface area contributed by atoms with E-state index in [-0.39, 0.29) is 6.61 Å². The van der Waals surface area contributed by atoms with Gasteiger partial charge in [-0.1, -0.05) is 11.6 Å². The molecule has 0 aliphatic rings. The van der Waals surface area contributed by atoms with Crippen molar-refractivity contribution in [3.8, 4) is 0 Å². The summed E-state index contributed by atoms with van der Waals surface area (Å²) in [6.07, 6.45) is 3.64. The Morgan fingerprint density at radius 3 is 3.00 bits per heavy atom. The van der Waals surface area contributed by atoms with Crippen molar-refractivity contribution in [3.05, 3.63) is 34.7 Å². The lowest BCUT2D eigenvalue weighted by Gasteiger charge is -2.00. The Kier molecular flexibility index (Phi) is 1.98. The lowest BCUT2D eigenvalue weighted by Crippen LogP contribution is -1.90. The van der Waals surface area contributed by atoms with Gasteiger partial charge < -0.3 is 9.51 Å². The molecule has 1 N–H and O–H groups in total. The maximum absolute atomic E-state index is 8.96. The number of hydrogen-bond acceptors (Lipinski definition) is 2. The second-order valence-corrected chi connectivity index (χ2v) is 3.36. The number of rotatable bonds is 1. The van der Waals surface area contributed by atoms with Crippen LogP contribution in [0.5, 0.6) is 0 Å². The molecule has 0 saturated carbocycles. The maximum Gasteiger partial charge on any atom is 0.137 e. The molecule has 0 bridgehead atoms. The fraction of sp³-hybridized carbons (Fsp3) is 0.222. The fourth-order valence-corrected chi connectivity index (χ4v) is 1.52.